The largest absolute Gasteiger partial charge is 0.308 e. The van der Waals surface area contributed by atoms with E-state index in [2.05, 4.69) is 240 Å². The second-order valence-electron chi connectivity index (χ2n) is 15.0. The fourth-order valence-electron chi connectivity index (χ4n) is 8.57. The number of hydrogen-bond donors (Lipinski definition) is 0. The molecule has 0 atom stereocenters. The summed E-state index contributed by atoms with van der Waals surface area (Å²) in [6.45, 7) is 0. The molecule has 4 nitrogen and oxygen atoms in total. The number of nitrogens with zero attached hydrogens (tertiary/aromatic N) is 4. The van der Waals surface area contributed by atoms with Gasteiger partial charge in [-0.15, -0.1) is 0 Å². The van der Waals surface area contributed by atoms with Crippen LogP contribution < -0.4 is 9.80 Å². The highest BCUT2D eigenvalue weighted by Crippen LogP contribution is 2.46. The van der Waals surface area contributed by atoms with Gasteiger partial charge < -0.3 is 9.80 Å². The number of fused-ring (bicyclic) bond motifs is 7. The van der Waals surface area contributed by atoms with E-state index >= 15 is 0 Å². The Kier molecular flexibility index (Phi) is 8.79. The lowest BCUT2D eigenvalue weighted by molar-refractivity contribution is 1.25. The van der Waals surface area contributed by atoms with Gasteiger partial charge in [0.15, 0.2) is 0 Å². The fourth-order valence-corrected chi connectivity index (χ4v) is 8.57. The average molecular weight is 767 g/mol. The Bertz CT molecular complexity index is 3060. The van der Waals surface area contributed by atoms with Crippen molar-refractivity contribution in [3.63, 3.8) is 0 Å². The first-order chi connectivity index (χ1) is 29.8. The van der Waals surface area contributed by atoms with Crippen molar-refractivity contribution in [2.75, 3.05) is 9.80 Å². The molecule has 11 aromatic rings. The van der Waals surface area contributed by atoms with Crippen molar-refractivity contribution in [3.8, 4) is 22.3 Å². The molecule has 0 aliphatic carbocycles. The second-order valence-corrected chi connectivity index (χ2v) is 15.0. The van der Waals surface area contributed by atoms with Gasteiger partial charge in [0.05, 0.1) is 22.4 Å². The van der Waals surface area contributed by atoms with Crippen LogP contribution in [-0.4, -0.2) is 9.97 Å². The lowest BCUT2D eigenvalue weighted by Crippen LogP contribution is -2.14. The smallest absolute Gasteiger partial charge is 0.116 e. The van der Waals surface area contributed by atoms with Crippen molar-refractivity contribution in [1.29, 1.82) is 0 Å². The molecule has 0 fully saturated rings. The van der Waals surface area contributed by atoms with Gasteiger partial charge >= 0.3 is 0 Å². The first-order valence-corrected chi connectivity index (χ1v) is 20.3. The van der Waals surface area contributed by atoms with E-state index in [1.807, 2.05) is 0 Å². The predicted molar refractivity (Wildman–Crippen MR) is 252 cm³/mol. The van der Waals surface area contributed by atoms with Crippen molar-refractivity contribution in [2.24, 2.45) is 0 Å². The molecule has 60 heavy (non-hydrogen) atoms. The van der Waals surface area contributed by atoms with E-state index in [9.17, 15) is 0 Å². The molecule has 0 aliphatic rings. The molecule has 282 valence electrons. The minimum Gasteiger partial charge on any atom is -0.308 e. The summed E-state index contributed by atoms with van der Waals surface area (Å²) >= 11 is 0. The van der Waals surface area contributed by atoms with Crippen LogP contribution in [0.15, 0.2) is 231 Å². The van der Waals surface area contributed by atoms with Gasteiger partial charge in [0.2, 0.25) is 0 Å². The zero-order valence-electron chi connectivity index (χ0n) is 32.7. The van der Waals surface area contributed by atoms with Gasteiger partial charge in [-0.1, -0.05) is 170 Å². The SMILES string of the molecule is c1ccc(-c2ccc(N(c3ccccc3)c3ccc(N(c4ccccc4)c4ccc(-c5ccccc5)cc4)c4nc5c6ccccc6c6ccccc6c5nc34)cc2)cc1. The Morgan fingerprint density at radius 3 is 0.867 bits per heavy atom. The number of para-hydroxylation sites is 2. The molecule has 0 spiro atoms. The van der Waals surface area contributed by atoms with Crippen molar-refractivity contribution in [2.45, 2.75) is 0 Å². The van der Waals surface area contributed by atoms with E-state index in [0.29, 0.717) is 0 Å². The van der Waals surface area contributed by atoms with Gasteiger partial charge in [-0.2, -0.15) is 0 Å². The number of aromatic nitrogens is 2. The lowest BCUT2D eigenvalue weighted by atomic mass is 9.99. The molecule has 0 radical (unpaired) electrons. The van der Waals surface area contributed by atoms with Gasteiger partial charge in [-0.05, 0) is 93.7 Å². The maximum atomic E-state index is 5.75. The van der Waals surface area contributed by atoms with Crippen LogP contribution in [0.1, 0.15) is 0 Å². The van der Waals surface area contributed by atoms with E-state index in [-0.39, 0.29) is 0 Å². The zero-order chi connectivity index (χ0) is 39.8. The summed E-state index contributed by atoms with van der Waals surface area (Å²) in [5.74, 6) is 0. The topological polar surface area (TPSA) is 32.3 Å². The molecule has 0 N–H and O–H groups in total. The van der Waals surface area contributed by atoms with E-state index in [0.717, 1.165) is 88.9 Å². The lowest BCUT2D eigenvalue weighted by Gasteiger charge is -2.30. The predicted octanol–water partition coefficient (Wildman–Crippen LogP) is 15.4. The molecule has 0 amide bonds. The van der Waals surface area contributed by atoms with Gasteiger partial charge in [-0.25, -0.2) is 9.97 Å². The van der Waals surface area contributed by atoms with Crippen LogP contribution in [0, 0.1) is 0 Å². The summed E-state index contributed by atoms with van der Waals surface area (Å²) in [5.41, 5.74) is 14.0. The standard InChI is InChI=1S/C56H38N4/c1-5-17-39(18-6-1)41-29-33-45(34-30-41)59(43-21-9-3-10-22-43)51-37-38-52(60(44-23-11-4-12-24-44)46-35-31-42(32-36-46)40-19-7-2-8-20-40)56-55(51)57-53-49-27-15-13-25-47(49)48-26-14-16-28-50(48)54(53)58-56/h1-38H. The Morgan fingerprint density at radius 1 is 0.217 bits per heavy atom. The van der Waals surface area contributed by atoms with Crippen LogP contribution in [0.3, 0.4) is 0 Å². The molecule has 0 bridgehead atoms. The van der Waals surface area contributed by atoms with Crippen LogP contribution in [0.25, 0.3) is 65.9 Å². The summed E-state index contributed by atoms with van der Waals surface area (Å²) in [5, 5.41) is 4.47. The molecular formula is C56H38N4. The van der Waals surface area contributed by atoms with Crippen LogP contribution in [0.2, 0.25) is 0 Å². The molecule has 4 heteroatoms. The minimum atomic E-state index is 0.804. The highest BCUT2D eigenvalue weighted by molar-refractivity contribution is 6.24. The third-order valence-corrected chi connectivity index (χ3v) is 11.4. The highest BCUT2D eigenvalue weighted by Gasteiger charge is 2.24. The molecule has 10 aromatic carbocycles. The summed E-state index contributed by atoms with van der Waals surface area (Å²) in [4.78, 5) is 16.1. The van der Waals surface area contributed by atoms with Crippen molar-refractivity contribution >= 4 is 77.7 Å². The highest BCUT2D eigenvalue weighted by atomic mass is 15.2. The first kappa shape index (κ1) is 35.1. The zero-order valence-corrected chi connectivity index (χ0v) is 32.7. The van der Waals surface area contributed by atoms with Crippen molar-refractivity contribution < 1.29 is 0 Å². The first-order valence-electron chi connectivity index (χ1n) is 20.3. The molecule has 1 heterocycles. The van der Waals surface area contributed by atoms with Gasteiger partial charge in [0.25, 0.3) is 0 Å². The maximum absolute atomic E-state index is 5.75. The van der Waals surface area contributed by atoms with Crippen LogP contribution in [-0.2, 0) is 0 Å². The Hall–Kier alpha value is -8.08. The Morgan fingerprint density at radius 2 is 0.500 bits per heavy atom. The number of rotatable bonds is 8. The van der Waals surface area contributed by atoms with Gasteiger partial charge in [0, 0.05) is 33.5 Å². The van der Waals surface area contributed by atoms with Crippen LogP contribution in [0.4, 0.5) is 34.1 Å². The van der Waals surface area contributed by atoms with E-state index in [4.69, 9.17) is 9.97 Å². The number of benzene rings is 10. The summed E-state index contributed by atoms with van der Waals surface area (Å²) in [7, 11) is 0. The third-order valence-electron chi connectivity index (χ3n) is 11.4. The average Bonchev–Trinajstić information content (AvgIpc) is 3.33. The van der Waals surface area contributed by atoms with Crippen molar-refractivity contribution in [1.82, 2.24) is 9.97 Å². The monoisotopic (exact) mass is 766 g/mol. The second kappa shape index (κ2) is 15.0. The van der Waals surface area contributed by atoms with Crippen LogP contribution in [0.5, 0.6) is 0 Å². The van der Waals surface area contributed by atoms with E-state index in [1.165, 1.54) is 11.1 Å². The third kappa shape index (κ3) is 6.19. The minimum absolute atomic E-state index is 0.804. The number of anilines is 6. The Labute approximate surface area is 348 Å². The molecule has 1 aromatic heterocycles. The molecular weight excluding hydrogens is 729 g/mol. The van der Waals surface area contributed by atoms with Crippen LogP contribution >= 0.6 is 0 Å². The molecule has 0 saturated carbocycles. The van der Waals surface area contributed by atoms with Gasteiger partial charge in [-0.3, -0.25) is 0 Å². The quantitative estimate of drug-likeness (QED) is 0.114. The van der Waals surface area contributed by atoms with Crippen molar-refractivity contribution in [3.05, 3.63) is 231 Å². The van der Waals surface area contributed by atoms with E-state index < -0.39 is 0 Å². The summed E-state index contributed by atoms with van der Waals surface area (Å²) in [6.07, 6.45) is 0. The fraction of sp³-hybridized carbons (Fsp3) is 0. The number of hydrogen-bond acceptors (Lipinski definition) is 4. The summed E-state index contributed by atoms with van der Waals surface area (Å²) in [6, 6.07) is 81.4. The molecule has 0 saturated heterocycles. The molecule has 0 aliphatic heterocycles. The van der Waals surface area contributed by atoms with E-state index in [1.54, 1.807) is 0 Å². The summed E-state index contributed by atoms with van der Waals surface area (Å²) < 4.78 is 0. The molecule has 0 unspecified atom stereocenters. The Balaban J connectivity index is 1.21. The van der Waals surface area contributed by atoms with Gasteiger partial charge in [0.1, 0.15) is 11.0 Å². The maximum Gasteiger partial charge on any atom is 0.116 e. The molecule has 11 rings (SSSR count). The normalized spacial score (nSPS) is 11.3.